The Morgan fingerprint density at radius 1 is 1.04 bits per heavy atom. The molecular formula is C21H28F4O. The minimum absolute atomic E-state index is 0.495. The summed E-state index contributed by atoms with van der Waals surface area (Å²) in [5, 5.41) is 0. The molecule has 0 aromatic heterocycles. The third kappa shape index (κ3) is 6.65. The minimum Gasteiger partial charge on any atom is -0.429 e. The van der Waals surface area contributed by atoms with Gasteiger partial charge in [-0.05, 0) is 62.1 Å². The van der Waals surface area contributed by atoms with Crippen LogP contribution in [0.4, 0.5) is 17.6 Å². The lowest BCUT2D eigenvalue weighted by Gasteiger charge is -2.28. The van der Waals surface area contributed by atoms with Crippen LogP contribution in [-0.2, 0) is 6.42 Å². The molecule has 1 aromatic carbocycles. The van der Waals surface area contributed by atoms with E-state index < -0.39 is 24.0 Å². The lowest BCUT2D eigenvalue weighted by Crippen LogP contribution is -2.15. The Hall–Kier alpha value is -1.52. The van der Waals surface area contributed by atoms with Crippen LogP contribution in [0.5, 0.6) is 5.75 Å². The van der Waals surface area contributed by atoms with Crippen molar-refractivity contribution in [3.8, 4) is 5.75 Å². The predicted molar refractivity (Wildman–Crippen MR) is 95.4 cm³/mol. The average molecular weight is 372 g/mol. The van der Waals surface area contributed by atoms with Gasteiger partial charge in [-0.25, -0.2) is 8.78 Å². The molecule has 1 nitrogen and oxygen atoms in total. The first-order chi connectivity index (χ1) is 12.5. The maximum atomic E-state index is 13.8. The molecule has 0 radical (unpaired) electrons. The van der Waals surface area contributed by atoms with Crippen LogP contribution in [0, 0.1) is 23.5 Å². The van der Waals surface area contributed by atoms with Crippen molar-refractivity contribution >= 4 is 0 Å². The van der Waals surface area contributed by atoms with Crippen LogP contribution < -0.4 is 4.74 Å². The molecule has 0 aliphatic heterocycles. The zero-order valence-corrected chi connectivity index (χ0v) is 15.3. The predicted octanol–water partition coefficient (Wildman–Crippen LogP) is 7.05. The van der Waals surface area contributed by atoms with Crippen LogP contribution in [0.1, 0.15) is 63.9 Å². The Bertz CT molecular complexity index is 554. The largest absolute Gasteiger partial charge is 0.429 e. The molecule has 0 amide bonds. The molecule has 5 heteroatoms. The van der Waals surface area contributed by atoms with Gasteiger partial charge in [-0.3, -0.25) is 0 Å². The van der Waals surface area contributed by atoms with E-state index in [4.69, 9.17) is 0 Å². The SMILES string of the molecule is CC=CCCCC1CCC(CCc2cc(F)c(OC(F)F)c(F)c2)CC1. The summed E-state index contributed by atoms with van der Waals surface area (Å²) in [5.74, 6) is -1.75. The number of ether oxygens (including phenoxy) is 1. The van der Waals surface area contributed by atoms with Crippen LogP contribution in [0.25, 0.3) is 0 Å². The second-order valence-electron chi connectivity index (χ2n) is 7.19. The molecule has 0 atom stereocenters. The molecule has 0 bridgehead atoms. The first kappa shape index (κ1) is 20.8. The van der Waals surface area contributed by atoms with E-state index in [1.165, 1.54) is 25.7 Å². The fraction of sp³-hybridized carbons (Fsp3) is 0.619. The lowest BCUT2D eigenvalue weighted by molar-refractivity contribution is -0.0546. The van der Waals surface area contributed by atoms with Crippen molar-refractivity contribution in [1.82, 2.24) is 0 Å². The molecule has 146 valence electrons. The van der Waals surface area contributed by atoms with Gasteiger partial charge in [0, 0.05) is 0 Å². The first-order valence-corrected chi connectivity index (χ1v) is 9.53. The molecular weight excluding hydrogens is 344 g/mol. The standard InChI is InChI=1S/C21H28F4O/c1-2-3-4-5-6-15-7-9-16(10-8-15)11-12-17-13-18(22)20(19(23)14-17)26-21(24)25/h2-3,13-16,21H,4-12H2,1H3. The molecule has 1 aromatic rings. The molecule has 1 aliphatic carbocycles. The Morgan fingerprint density at radius 2 is 1.62 bits per heavy atom. The molecule has 0 unspecified atom stereocenters. The smallest absolute Gasteiger partial charge is 0.387 e. The summed E-state index contributed by atoms with van der Waals surface area (Å²) in [7, 11) is 0. The number of halogens is 4. The van der Waals surface area contributed by atoms with Gasteiger partial charge in [0.05, 0.1) is 0 Å². The van der Waals surface area contributed by atoms with Crippen molar-refractivity contribution in [3.05, 3.63) is 41.5 Å². The second-order valence-corrected chi connectivity index (χ2v) is 7.19. The van der Waals surface area contributed by atoms with Crippen molar-refractivity contribution in [2.45, 2.75) is 71.3 Å². The van der Waals surface area contributed by atoms with Gasteiger partial charge in [0.1, 0.15) is 0 Å². The Morgan fingerprint density at radius 3 is 2.15 bits per heavy atom. The number of benzene rings is 1. The molecule has 26 heavy (non-hydrogen) atoms. The van der Waals surface area contributed by atoms with Crippen molar-refractivity contribution < 1.29 is 22.3 Å². The fourth-order valence-electron chi connectivity index (χ4n) is 3.83. The number of hydrogen-bond acceptors (Lipinski definition) is 1. The topological polar surface area (TPSA) is 9.23 Å². The summed E-state index contributed by atoms with van der Waals surface area (Å²) in [6.45, 7) is -1.19. The minimum atomic E-state index is -3.24. The molecule has 1 saturated carbocycles. The second kappa shape index (κ2) is 10.6. The molecule has 0 N–H and O–H groups in total. The van der Waals surface area contributed by atoms with Crippen LogP contribution >= 0.6 is 0 Å². The van der Waals surface area contributed by atoms with Gasteiger partial charge in [0.25, 0.3) is 0 Å². The van der Waals surface area contributed by atoms with Crippen molar-refractivity contribution in [2.24, 2.45) is 11.8 Å². The summed E-state index contributed by atoms with van der Waals surface area (Å²) < 4.78 is 55.7. The maximum absolute atomic E-state index is 13.8. The van der Waals surface area contributed by atoms with Gasteiger partial charge in [-0.1, -0.05) is 44.3 Å². The summed E-state index contributed by atoms with van der Waals surface area (Å²) >= 11 is 0. The number of alkyl halides is 2. The lowest BCUT2D eigenvalue weighted by atomic mass is 9.78. The highest BCUT2D eigenvalue weighted by Crippen LogP contribution is 2.34. The van der Waals surface area contributed by atoms with E-state index in [0.717, 1.165) is 43.7 Å². The van der Waals surface area contributed by atoms with E-state index in [9.17, 15) is 17.6 Å². The van der Waals surface area contributed by atoms with Crippen LogP contribution in [0.3, 0.4) is 0 Å². The Kier molecular flexibility index (Phi) is 8.46. The number of unbranched alkanes of at least 4 members (excludes halogenated alkanes) is 1. The highest BCUT2D eigenvalue weighted by atomic mass is 19.3. The van der Waals surface area contributed by atoms with E-state index in [1.807, 2.05) is 6.92 Å². The van der Waals surface area contributed by atoms with Crippen molar-refractivity contribution in [1.29, 1.82) is 0 Å². The number of aryl methyl sites for hydroxylation is 1. The quantitative estimate of drug-likeness (QED) is 0.256. The summed E-state index contributed by atoms with van der Waals surface area (Å²) in [4.78, 5) is 0. The van der Waals surface area contributed by atoms with Crippen LogP contribution in [0.2, 0.25) is 0 Å². The summed E-state index contributed by atoms with van der Waals surface area (Å²) in [6, 6.07) is 2.21. The van der Waals surface area contributed by atoms with Gasteiger partial charge in [-0.2, -0.15) is 8.78 Å². The van der Waals surface area contributed by atoms with Gasteiger partial charge < -0.3 is 4.74 Å². The number of rotatable bonds is 9. The molecule has 2 rings (SSSR count). The number of allylic oxidation sites excluding steroid dienone is 2. The van der Waals surface area contributed by atoms with Gasteiger partial charge in [0.2, 0.25) is 0 Å². The van der Waals surface area contributed by atoms with Crippen LogP contribution in [-0.4, -0.2) is 6.61 Å². The molecule has 0 heterocycles. The fourth-order valence-corrected chi connectivity index (χ4v) is 3.83. The molecule has 1 fully saturated rings. The molecule has 1 aliphatic rings. The summed E-state index contributed by atoms with van der Waals surface area (Å²) in [6.07, 6.45) is 14.2. The van der Waals surface area contributed by atoms with Gasteiger partial charge in [-0.15, -0.1) is 0 Å². The third-order valence-electron chi connectivity index (χ3n) is 5.29. The normalized spacial score (nSPS) is 20.8. The summed E-state index contributed by atoms with van der Waals surface area (Å²) in [5.41, 5.74) is 0.495. The Labute approximate surface area is 153 Å². The molecule has 0 spiro atoms. The van der Waals surface area contributed by atoms with E-state index >= 15 is 0 Å². The van der Waals surface area contributed by atoms with E-state index in [1.54, 1.807) is 0 Å². The van der Waals surface area contributed by atoms with Gasteiger partial charge in [0.15, 0.2) is 17.4 Å². The zero-order valence-electron chi connectivity index (χ0n) is 15.3. The maximum Gasteiger partial charge on any atom is 0.387 e. The average Bonchev–Trinajstić information content (AvgIpc) is 2.61. The van der Waals surface area contributed by atoms with E-state index in [0.29, 0.717) is 17.9 Å². The monoisotopic (exact) mass is 372 g/mol. The molecule has 0 saturated heterocycles. The highest BCUT2D eigenvalue weighted by Gasteiger charge is 2.21. The van der Waals surface area contributed by atoms with E-state index in [-0.39, 0.29) is 0 Å². The zero-order chi connectivity index (χ0) is 18.9. The highest BCUT2D eigenvalue weighted by molar-refractivity contribution is 5.31. The van der Waals surface area contributed by atoms with Gasteiger partial charge >= 0.3 is 6.61 Å². The van der Waals surface area contributed by atoms with Crippen LogP contribution in [0.15, 0.2) is 24.3 Å². The van der Waals surface area contributed by atoms with E-state index in [2.05, 4.69) is 16.9 Å². The third-order valence-corrected chi connectivity index (χ3v) is 5.29. The van der Waals surface area contributed by atoms with Crippen molar-refractivity contribution in [3.63, 3.8) is 0 Å². The van der Waals surface area contributed by atoms with Crippen molar-refractivity contribution in [2.75, 3.05) is 0 Å². The number of hydrogen-bond donors (Lipinski definition) is 0. The first-order valence-electron chi connectivity index (χ1n) is 9.53. The Balaban J connectivity index is 1.76.